The van der Waals surface area contributed by atoms with Gasteiger partial charge in [0.15, 0.2) is 0 Å². The first-order valence-electron chi connectivity index (χ1n) is 11.8. The highest BCUT2D eigenvalue weighted by molar-refractivity contribution is 5.99. The molecule has 7 heteroatoms. The topological polar surface area (TPSA) is 88.6 Å². The Hall–Kier alpha value is -2.44. The van der Waals surface area contributed by atoms with Crippen LogP contribution in [0.2, 0.25) is 0 Å². The highest BCUT2D eigenvalue weighted by Crippen LogP contribution is 2.15. The number of pyridine rings is 1. The van der Waals surface area contributed by atoms with E-state index in [9.17, 15) is 14.4 Å². The minimum absolute atomic E-state index is 0.125. The highest BCUT2D eigenvalue weighted by atomic mass is 16.5. The predicted octanol–water partition coefficient (Wildman–Crippen LogP) is 3.88. The molecule has 2 heterocycles. The minimum atomic E-state index is -0.838. The van der Waals surface area contributed by atoms with Crippen molar-refractivity contribution >= 4 is 17.8 Å². The van der Waals surface area contributed by atoms with Crippen molar-refractivity contribution < 1.29 is 19.1 Å². The fourth-order valence-electron chi connectivity index (χ4n) is 3.81. The molecule has 2 amide bonds. The van der Waals surface area contributed by atoms with Crippen LogP contribution in [0.15, 0.2) is 24.5 Å². The lowest BCUT2D eigenvalue weighted by Crippen LogP contribution is -2.57. The van der Waals surface area contributed by atoms with Gasteiger partial charge in [0.2, 0.25) is 5.91 Å². The number of hydrogen-bond acceptors (Lipinski definition) is 5. The summed E-state index contributed by atoms with van der Waals surface area (Å²) in [6, 6.07) is 2.37. The molecule has 0 spiro atoms. The fraction of sp³-hybridized carbons (Fsp3) is 0.667. The Labute approximate surface area is 185 Å². The monoisotopic (exact) mass is 431 g/mol. The van der Waals surface area contributed by atoms with Gasteiger partial charge in [0.05, 0.1) is 13.0 Å². The number of nitrogens with zero attached hydrogens (tertiary/aromatic N) is 2. The van der Waals surface area contributed by atoms with E-state index >= 15 is 0 Å². The molecule has 1 aromatic heterocycles. The Morgan fingerprint density at radius 3 is 2.29 bits per heavy atom. The third-order valence-corrected chi connectivity index (χ3v) is 5.64. The Kier molecular flexibility index (Phi) is 11.6. The molecule has 1 fully saturated rings. The van der Waals surface area contributed by atoms with E-state index in [-0.39, 0.29) is 18.2 Å². The number of carbonyl (C=O) groups excluding carboxylic acids is 3. The number of nitrogens with one attached hydrogen (secondary N) is 1. The normalized spacial score (nSPS) is 16.1. The van der Waals surface area contributed by atoms with E-state index in [1.165, 1.54) is 62.2 Å². The first kappa shape index (κ1) is 24.8. The number of carbonyl (C=O) groups is 3. The quantitative estimate of drug-likeness (QED) is 0.357. The van der Waals surface area contributed by atoms with Crippen LogP contribution in [0.4, 0.5) is 0 Å². The van der Waals surface area contributed by atoms with Gasteiger partial charge in [-0.1, -0.05) is 64.7 Å². The Balaban J connectivity index is 1.65. The van der Waals surface area contributed by atoms with Gasteiger partial charge >= 0.3 is 5.97 Å². The summed E-state index contributed by atoms with van der Waals surface area (Å²) < 4.78 is 5.33. The summed E-state index contributed by atoms with van der Waals surface area (Å²) >= 11 is 0. The summed E-state index contributed by atoms with van der Waals surface area (Å²) in [5.74, 6) is -1.03. The van der Waals surface area contributed by atoms with E-state index in [4.69, 9.17) is 4.74 Å². The smallest absolute Gasteiger partial charge is 0.308 e. The van der Waals surface area contributed by atoms with Crippen molar-refractivity contribution in [3.05, 3.63) is 30.1 Å². The Bertz CT molecular complexity index is 681. The number of ether oxygens (including phenoxy) is 1. The van der Waals surface area contributed by atoms with Gasteiger partial charge in [0, 0.05) is 31.0 Å². The van der Waals surface area contributed by atoms with E-state index in [1.54, 1.807) is 12.1 Å². The molecular formula is C24H37N3O4. The zero-order chi connectivity index (χ0) is 22.3. The molecule has 1 atom stereocenters. The number of aromatic nitrogens is 1. The third kappa shape index (κ3) is 9.07. The Morgan fingerprint density at radius 1 is 1.03 bits per heavy atom. The van der Waals surface area contributed by atoms with Crippen LogP contribution >= 0.6 is 0 Å². The second-order valence-electron chi connectivity index (χ2n) is 8.15. The average molecular weight is 432 g/mol. The van der Waals surface area contributed by atoms with E-state index in [0.29, 0.717) is 25.3 Å². The molecular weight excluding hydrogens is 394 g/mol. The van der Waals surface area contributed by atoms with Crippen molar-refractivity contribution in [1.82, 2.24) is 15.2 Å². The van der Waals surface area contributed by atoms with E-state index in [0.717, 1.165) is 19.3 Å². The van der Waals surface area contributed by atoms with Crippen LogP contribution in [-0.2, 0) is 14.3 Å². The molecule has 0 aromatic carbocycles. The minimum Gasteiger partial charge on any atom is -0.466 e. The fourth-order valence-corrected chi connectivity index (χ4v) is 3.81. The van der Waals surface area contributed by atoms with Crippen molar-refractivity contribution in [2.75, 3.05) is 19.7 Å². The van der Waals surface area contributed by atoms with Crippen molar-refractivity contribution in [2.24, 2.45) is 0 Å². The summed E-state index contributed by atoms with van der Waals surface area (Å²) in [5, 5.41) is 2.73. The maximum Gasteiger partial charge on any atom is 0.308 e. The van der Waals surface area contributed by atoms with E-state index in [2.05, 4.69) is 17.2 Å². The SMILES string of the molecule is CCCCCCCCCCCCOC(=O)CC1C(=O)NCCN1C(=O)c1ccncc1. The zero-order valence-corrected chi connectivity index (χ0v) is 18.8. The third-order valence-electron chi connectivity index (χ3n) is 5.64. The molecule has 1 aromatic rings. The molecule has 0 aliphatic carbocycles. The van der Waals surface area contributed by atoms with Crippen molar-refractivity contribution in [3.8, 4) is 0 Å². The van der Waals surface area contributed by atoms with Gasteiger partial charge in [-0.25, -0.2) is 0 Å². The van der Waals surface area contributed by atoms with Gasteiger partial charge in [-0.05, 0) is 18.6 Å². The molecule has 7 nitrogen and oxygen atoms in total. The molecule has 1 saturated heterocycles. The molecule has 0 saturated carbocycles. The summed E-state index contributed by atoms with van der Waals surface area (Å²) in [6.07, 6.45) is 15.1. The number of unbranched alkanes of at least 4 members (excludes halogenated alkanes) is 9. The molecule has 1 aliphatic rings. The first-order valence-corrected chi connectivity index (χ1v) is 11.8. The lowest BCUT2D eigenvalue weighted by Gasteiger charge is -2.34. The van der Waals surface area contributed by atoms with Gasteiger partial charge in [0.25, 0.3) is 5.91 Å². The standard InChI is InChI=1S/C24H37N3O4/c1-2-3-4-5-6-7-8-9-10-11-18-31-22(28)19-21-23(29)26-16-17-27(21)24(30)20-12-14-25-15-13-20/h12-15,21H,2-11,16-19H2,1H3,(H,26,29). The molecule has 1 aliphatic heterocycles. The highest BCUT2D eigenvalue weighted by Gasteiger charge is 2.35. The van der Waals surface area contributed by atoms with Crippen molar-refractivity contribution in [2.45, 2.75) is 83.6 Å². The van der Waals surface area contributed by atoms with Gasteiger partial charge in [-0.15, -0.1) is 0 Å². The number of esters is 1. The van der Waals surface area contributed by atoms with Crippen molar-refractivity contribution in [3.63, 3.8) is 0 Å². The van der Waals surface area contributed by atoms with Crippen LogP contribution in [0.5, 0.6) is 0 Å². The lowest BCUT2D eigenvalue weighted by molar-refractivity contribution is -0.147. The second-order valence-corrected chi connectivity index (χ2v) is 8.15. The summed E-state index contributed by atoms with van der Waals surface area (Å²) in [4.78, 5) is 42.7. The van der Waals surface area contributed by atoms with Gasteiger partial charge < -0.3 is 15.0 Å². The summed E-state index contributed by atoms with van der Waals surface area (Å²) in [5.41, 5.74) is 0.452. The molecule has 172 valence electrons. The predicted molar refractivity (Wildman–Crippen MR) is 119 cm³/mol. The largest absolute Gasteiger partial charge is 0.466 e. The van der Waals surface area contributed by atoms with E-state index in [1.807, 2.05) is 0 Å². The van der Waals surface area contributed by atoms with E-state index < -0.39 is 12.0 Å². The number of amides is 2. The zero-order valence-electron chi connectivity index (χ0n) is 18.8. The number of hydrogen-bond donors (Lipinski definition) is 1. The van der Waals surface area contributed by atoms with Gasteiger partial charge in [-0.3, -0.25) is 19.4 Å². The number of rotatable bonds is 14. The Morgan fingerprint density at radius 2 is 1.65 bits per heavy atom. The first-order chi connectivity index (χ1) is 15.1. The maximum absolute atomic E-state index is 12.8. The average Bonchev–Trinajstić information content (AvgIpc) is 2.79. The molecule has 0 radical (unpaired) electrons. The number of piperazine rings is 1. The van der Waals surface area contributed by atoms with Crippen LogP contribution in [0.3, 0.4) is 0 Å². The van der Waals surface area contributed by atoms with Gasteiger partial charge in [-0.2, -0.15) is 0 Å². The van der Waals surface area contributed by atoms with Crippen LogP contribution in [0, 0.1) is 0 Å². The molecule has 0 bridgehead atoms. The molecule has 1 N–H and O–H groups in total. The summed E-state index contributed by atoms with van der Waals surface area (Å²) in [7, 11) is 0. The second kappa shape index (κ2) is 14.5. The molecule has 2 rings (SSSR count). The summed E-state index contributed by atoms with van der Waals surface area (Å²) in [6.45, 7) is 3.33. The van der Waals surface area contributed by atoms with Crippen LogP contribution in [0.25, 0.3) is 0 Å². The van der Waals surface area contributed by atoms with Gasteiger partial charge in [0.1, 0.15) is 6.04 Å². The van der Waals surface area contributed by atoms with Crippen molar-refractivity contribution in [1.29, 1.82) is 0 Å². The van der Waals surface area contributed by atoms with Crippen LogP contribution in [-0.4, -0.2) is 53.4 Å². The lowest BCUT2D eigenvalue weighted by atomic mass is 10.1. The van der Waals surface area contributed by atoms with Crippen LogP contribution < -0.4 is 5.32 Å². The molecule has 31 heavy (non-hydrogen) atoms. The molecule has 1 unspecified atom stereocenters. The maximum atomic E-state index is 12.8. The van der Waals surface area contributed by atoms with Crippen LogP contribution in [0.1, 0.15) is 87.9 Å².